The molecule has 172 valence electrons. The van der Waals surface area contributed by atoms with Gasteiger partial charge in [-0.25, -0.2) is 4.79 Å². The van der Waals surface area contributed by atoms with E-state index >= 15 is 0 Å². The Bertz CT molecular complexity index is 983. The van der Waals surface area contributed by atoms with Gasteiger partial charge in [0.15, 0.2) is 5.78 Å². The van der Waals surface area contributed by atoms with Crippen LogP contribution < -0.4 is 5.32 Å². The Kier molecular flexibility index (Phi) is 10.0. The largest absolute Gasteiger partial charge is 0.506 e. The van der Waals surface area contributed by atoms with Crippen LogP contribution in [-0.4, -0.2) is 35.3 Å². The topological polar surface area (TPSA) is 102 Å². The summed E-state index contributed by atoms with van der Waals surface area (Å²) >= 11 is 10.5. The summed E-state index contributed by atoms with van der Waals surface area (Å²) in [6, 6.07) is 9.73. The minimum Gasteiger partial charge on any atom is -0.506 e. The number of rotatable bonds is 9. The van der Waals surface area contributed by atoms with Crippen LogP contribution in [0.15, 0.2) is 45.3 Å². The molecule has 10 heteroatoms. The summed E-state index contributed by atoms with van der Waals surface area (Å²) in [6.07, 6.45) is -1.19. The molecule has 0 aliphatic carbocycles. The first-order valence-electron chi connectivity index (χ1n) is 9.65. The van der Waals surface area contributed by atoms with Gasteiger partial charge in [0, 0.05) is 27.2 Å². The molecule has 1 amide bonds. The number of carbonyl (C=O) groups excluding carboxylic acids is 3. The summed E-state index contributed by atoms with van der Waals surface area (Å²) in [5.74, 6) is -0.921. The van der Waals surface area contributed by atoms with Crippen LogP contribution in [0.25, 0.3) is 0 Å². The molecule has 0 unspecified atom stereocenters. The summed E-state index contributed by atoms with van der Waals surface area (Å²) in [6.45, 7) is 3.39. The number of halogens is 2. The average molecular weight is 589 g/mol. The monoisotopic (exact) mass is 587 g/mol. The lowest BCUT2D eigenvalue weighted by atomic mass is 9.94. The summed E-state index contributed by atoms with van der Waals surface area (Å²) in [7, 11) is 0. The maximum absolute atomic E-state index is 12.6. The lowest BCUT2D eigenvalue weighted by Crippen LogP contribution is -2.23. The number of ketones is 1. The number of esters is 1. The van der Waals surface area contributed by atoms with Gasteiger partial charge in [-0.1, -0.05) is 22.9 Å². The lowest BCUT2D eigenvalue weighted by Gasteiger charge is -2.26. The van der Waals surface area contributed by atoms with Gasteiger partial charge in [-0.05, 0) is 65.7 Å². The third kappa shape index (κ3) is 7.53. The van der Waals surface area contributed by atoms with Crippen LogP contribution in [0.4, 0.5) is 10.5 Å². The Balaban J connectivity index is 2.21. The van der Waals surface area contributed by atoms with Crippen molar-refractivity contribution in [1.82, 2.24) is 0 Å². The maximum atomic E-state index is 12.6. The predicted octanol–water partition coefficient (Wildman–Crippen LogP) is 5.91. The van der Waals surface area contributed by atoms with E-state index in [-0.39, 0.29) is 29.8 Å². The number of ether oxygens (including phenoxy) is 2. The highest BCUT2D eigenvalue weighted by Gasteiger charge is 2.28. The maximum Gasteiger partial charge on any atom is 0.412 e. The molecule has 0 aromatic heterocycles. The van der Waals surface area contributed by atoms with Crippen molar-refractivity contribution in [3.8, 4) is 5.75 Å². The second-order valence-electron chi connectivity index (χ2n) is 7.05. The van der Waals surface area contributed by atoms with Crippen LogP contribution >= 0.6 is 44.5 Å². The van der Waals surface area contributed by atoms with Gasteiger partial charge >= 0.3 is 12.1 Å². The summed E-state index contributed by atoms with van der Waals surface area (Å²) in [4.78, 5) is 35.4. The molecule has 32 heavy (non-hydrogen) atoms. The molecular formula is C22H23Br2NO6S. The van der Waals surface area contributed by atoms with Crippen LogP contribution in [0, 0.1) is 5.92 Å². The van der Waals surface area contributed by atoms with Crippen molar-refractivity contribution in [3.63, 3.8) is 0 Å². The Hall–Kier alpha value is -2.04. The number of phenols is 1. The second kappa shape index (κ2) is 12.3. The van der Waals surface area contributed by atoms with E-state index in [0.717, 1.165) is 0 Å². The fourth-order valence-electron chi connectivity index (χ4n) is 2.90. The lowest BCUT2D eigenvalue weighted by molar-refractivity contribution is -0.141. The van der Waals surface area contributed by atoms with Crippen LogP contribution in [0.3, 0.4) is 0 Å². The zero-order valence-electron chi connectivity index (χ0n) is 17.4. The third-order valence-electron chi connectivity index (χ3n) is 4.62. The molecule has 0 aliphatic heterocycles. The molecule has 2 aromatic carbocycles. The Morgan fingerprint density at radius 3 is 2.41 bits per heavy atom. The van der Waals surface area contributed by atoms with Crippen molar-refractivity contribution in [2.75, 3.05) is 17.7 Å². The second-order valence-corrected chi connectivity index (χ2v) is 9.14. The molecule has 0 fully saturated rings. The van der Waals surface area contributed by atoms with Crippen molar-refractivity contribution in [3.05, 3.63) is 56.5 Å². The molecule has 0 heterocycles. The Morgan fingerprint density at radius 2 is 1.81 bits per heavy atom. The Morgan fingerprint density at radius 1 is 1.16 bits per heavy atom. The molecule has 2 atom stereocenters. The number of Topliss-reactive ketones (excluding diaryl/α,β-unsaturated/α-hetero) is 1. The fraction of sp³-hybridized carbons (Fsp3) is 0.318. The quantitative estimate of drug-likeness (QED) is 0.191. The molecule has 2 rings (SSSR count). The number of thiol groups is 1. The molecule has 0 aliphatic rings. The molecule has 2 aromatic rings. The van der Waals surface area contributed by atoms with Gasteiger partial charge in [0.1, 0.15) is 11.9 Å². The van der Waals surface area contributed by atoms with E-state index in [1.165, 1.54) is 6.92 Å². The summed E-state index contributed by atoms with van der Waals surface area (Å²) < 4.78 is 11.9. The zero-order valence-corrected chi connectivity index (χ0v) is 21.5. The highest BCUT2D eigenvalue weighted by atomic mass is 79.9. The Labute approximate surface area is 208 Å². The van der Waals surface area contributed by atoms with E-state index < -0.39 is 18.2 Å². The molecule has 0 saturated carbocycles. The molecule has 0 saturated heterocycles. The first-order chi connectivity index (χ1) is 15.1. The number of carbonyl (C=O) groups is 3. The molecule has 7 nitrogen and oxygen atoms in total. The normalized spacial score (nSPS) is 12.5. The number of nitrogens with one attached hydrogen (secondary N) is 1. The van der Waals surface area contributed by atoms with Crippen molar-refractivity contribution in [2.45, 2.75) is 26.4 Å². The standard InChI is InChI=1S/C22H23Br2NO6S/c1-12(7-8-30-19(27)11-32)21(17-9-15(23)10-18(24)20(17)28)31-22(29)25-16-5-3-14(4-6-16)13(2)26/h3-6,9-10,12,21,28,32H,7-8,11H2,1-2H3,(H,25,29)/t12-,21+/m1/s1. The van der Waals surface area contributed by atoms with Gasteiger partial charge in [0.2, 0.25) is 0 Å². The van der Waals surface area contributed by atoms with E-state index in [4.69, 9.17) is 9.47 Å². The van der Waals surface area contributed by atoms with Crippen LogP contribution in [0.2, 0.25) is 0 Å². The number of hydrogen-bond acceptors (Lipinski definition) is 7. The van der Waals surface area contributed by atoms with E-state index in [1.807, 2.05) is 6.92 Å². The van der Waals surface area contributed by atoms with Gasteiger partial charge in [-0.15, -0.1) is 0 Å². The zero-order chi connectivity index (χ0) is 23.8. The molecule has 0 radical (unpaired) electrons. The van der Waals surface area contributed by atoms with E-state index in [2.05, 4.69) is 49.8 Å². The third-order valence-corrected chi connectivity index (χ3v) is 5.94. The van der Waals surface area contributed by atoms with E-state index in [0.29, 0.717) is 32.2 Å². The summed E-state index contributed by atoms with van der Waals surface area (Å²) in [5.41, 5.74) is 1.37. The van der Waals surface area contributed by atoms with Gasteiger partial charge < -0.3 is 14.6 Å². The smallest absolute Gasteiger partial charge is 0.412 e. The van der Waals surface area contributed by atoms with Crippen LogP contribution in [0.5, 0.6) is 5.75 Å². The number of anilines is 1. The van der Waals surface area contributed by atoms with Crippen LogP contribution in [0.1, 0.15) is 42.3 Å². The van der Waals surface area contributed by atoms with Crippen molar-refractivity contribution >= 4 is 68.0 Å². The number of benzene rings is 2. The number of aromatic hydroxyl groups is 1. The minimum atomic E-state index is -0.838. The molecule has 0 spiro atoms. The van der Waals surface area contributed by atoms with Gasteiger partial charge in [-0.2, -0.15) is 12.6 Å². The van der Waals surface area contributed by atoms with E-state index in [1.54, 1.807) is 36.4 Å². The predicted molar refractivity (Wildman–Crippen MR) is 131 cm³/mol. The minimum absolute atomic E-state index is 0.0293. The highest BCUT2D eigenvalue weighted by molar-refractivity contribution is 9.11. The first kappa shape index (κ1) is 26.2. The highest BCUT2D eigenvalue weighted by Crippen LogP contribution is 2.40. The van der Waals surface area contributed by atoms with Gasteiger partial charge in [0.25, 0.3) is 0 Å². The fourth-order valence-corrected chi connectivity index (χ4v) is 4.25. The van der Waals surface area contributed by atoms with Crippen LogP contribution in [-0.2, 0) is 14.3 Å². The molecule has 2 N–H and O–H groups in total. The van der Waals surface area contributed by atoms with Crippen molar-refractivity contribution in [2.24, 2.45) is 5.92 Å². The van der Waals surface area contributed by atoms with Gasteiger partial charge in [-0.3, -0.25) is 14.9 Å². The number of phenolic OH excluding ortho intramolecular Hbond substituents is 1. The molecule has 0 bridgehead atoms. The van der Waals surface area contributed by atoms with Crippen molar-refractivity contribution in [1.29, 1.82) is 0 Å². The van der Waals surface area contributed by atoms with Gasteiger partial charge in [0.05, 0.1) is 16.8 Å². The number of hydrogen-bond donors (Lipinski definition) is 3. The van der Waals surface area contributed by atoms with E-state index in [9.17, 15) is 19.5 Å². The average Bonchev–Trinajstić information content (AvgIpc) is 2.74. The first-order valence-corrected chi connectivity index (χ1v) is 11.9. The summed E-state index contributed by atoms with van der Waals surface area (Å²) in [5, 5.41) is 13.2. The SMILES string of the molecule is CC(=O)c1ccc(NC(=O)O[C@H](c2cc(Br)cc(Br)c2O)[C@H](C)CCOC(=O)CS)cc1. The number of amides is 1. The molecular weight excluding hydrogens is 566 g/mol. The van der Waals surface area contributed by atoms with Crippen molar-refractivity contribution < 1.29 is 29.0 Å².